The highest BCUT2D eigenvalue weighted by molar-refractivity contribution is 5.59. The summed E-state index contributed by atoms with van der Waals surface area (Å²) in [6.07, 6.45) is 3.53. The first-order valence-corrected chi connectivity index (χ1v) is 7.43. The maximum atomic E-state index is 10.9. The molecule has 21 heavy (non-hydrogen) atoms. The number of nitrogens with zero attached hydrogens (tertiary/aromatic N) is 1. The average molecular weight is 292 g/mol. The second-order valence-electron chi connectivity index (χ2n) is 6.95. The van der Waals surface area contributed by atoms with Crippen molar-refractivity contribution in [1.82, 2.24) is 0 Å². The minimum Gasteiger partial charge on any atom is -0.388 e. The third-order valence-corrected chi connectivity index (χ3v) is 4.64. The molecule has 0 unspecified atom stereocenters. The molecule has 1 aliphatic carbocycles. The molecule has 1 aromatic carbocycles. The Kier molecular flexibility index (Phi) is 4.23. The molecule has 1 aromatic rings. The van der Waals surface area contributed by atoms with E-state index in [1.54, 1.807) is 13.0 Å². The molecule has 0 aromatic heterocycles. The van der Waals surface area contributed by atoms with E-state index in [0.29, 0.717) is 17.5 Å². The van der Waals surface area contributed by atoms with Crippen molar-refractivity contribution >= 4 is 11.4 Å². The van der Waals surface area contributed by atoms with Crippen molar-refractivity contribution in [2.45, 2.75) is 52.1 Å². The van der Waals surface area contributed by atoms with Gasteiger partial charge in [0, 0.05) is 23.9 Å². The van der Waals surface area contributed by atoms with Crippen molar-refractivity contribution < 1.29 is 10.0 Å². The van der Waals surface area contributed by atoms with E-state index in [1.807, 2.05) is 6.07 Å². The van der Waals surface area contributed by atoms with Gasteiger partial charge in [0.1, 0.15) is 0 Å². The van der Waals surface area contributed by atoms with Crippen LogP contribution in [0.2, 0.25) is 0 Å². The van der Waals surface area contributed by atoms with Crippen LogP contribution < -0.4 is 5.32 Å². The lowest BCUT2D eigenvalue weighted by molar-refractivity contribution is -0.385. The molecule has 1 fully saturated rings. The summed E-state index contributed by atoms with van der Waals surface area (Å²) >= 11 is 0. The summed E-state index contributed by atoms with van der Waals surface area (Å²) in [4.78, 5) is 10.6. The molecule has 5 nitrogen and oxygen atoms in total. The van der Waals surface area contributed by atoms with Gasteiger partial charge in [0.25, 0.3) is 5.69 Å². The van der Waals surface area contributed by atoms with E-state index in [1.165, 1.54) is 6.07 Å². The van der Waals surface area contributed by atoms with Gasteiger partial charge in [0.15, 0.2) is 0 Å². The largest absolute Gasteiger partial charge is 0.388 e. The normalized spacial score (nSPS) is 20.0. The van der Waals surface area contributed by atoms with Gasteiger partial charge in [0.2, 0.25) is 0 Å². The van der Waals surface area contributed by atoms with E-state index in [-0.39, 0.29) is 10.6 Å². The molecule has 0 radical (unpaired) electrons. The average Bonchev–Trinajstić information content (AvgIpc) is 2.41. The van der Waals surface area contributed by atoms with Crippen LogP contribution in [0.1, 0.15) is 45.1 Å². The molecule has 2 rings (SSSR count). The number of nitro groups is 1. The molecule has 2 N–H and O–H groups in total. The Morgan fingerprint density at radius 3 is 2.48 bits per heavy atom. The van der Waals surface area contributed by atoms with E-state index in [9.17, 15) is 15.2 Å². The molecule has 0 bridgehead atoms. The molecule has 1 aliphatic rings. The first kappa shape index (κ1) is 15.8. The van der Waals surface area contributed by atoms with Gasteiger partial charge in [-0.3, -0.25) is 10.1 Å². The fraction of sp³-hybridized carbons (Fsp3) is 0.625. The van der Waals surface area contributed by atoms with Crippen LogP contribution in [0.25, 0.3) is 0 Å². The lowest BCUT2D eigenvalue weighted by Gasteiger charge is -2.40. The van der Waals surface area contributed by atoms with Crippen LogP contribution in [0.3, 0.4) is 0 Å². The van der Waals surface area contributed by atoms with Gasteiger partial charge in [-0.15, -0.1) is 0 Å². The van der Waals surface area contributed by atoms with Crippen molar-refractivity contribution in [2.24, 2.45) is 5.41 Å². The van der Waals surface area contributed by atoms with Crippen molar-refractivity contribution in [2.75, 3.05) is 11.9 Å². The van der Waals surface area contributed by atoms with Gasteiger partial charge in [-0.25, -0.2) is 0 Å². The summed E-state index contributed by atoms with van der Waals surface area (Å²) in [6, 6.07) is 4.98. The first-order chi connectivity index (χ1) is 9.72. The van der Waals surface area contributed by atoms with Crippen molar-refractivity contribution in [3.05, 3.63) is 33.9 Å². The lowest BCUT2D eigenvalue weighted by Crippen LogP contribution is -2.42. The van der Waals surface area contributed by atoms with Gasteiger partial charge in [-0.1, -0.05) is 19.9 Å². The third kappa shape index (κ3) is 3.73. The molecule has 0 aliphatic heterocycles. The topological polar surface area (TPSA) is 75.4 Å². The van der Waals surface area contributed by atoms with Crippen LogP contribution in [0.5, 0.6) is 0 Å². The molecule has 0 spiro atoms. The molecular weight excluding hydrogens is 268 g/mol. The predicted molar refractivity (Wildman–Crippen MR) is 83.5 cm³/mol. The van der Waals surface area contributed by atoms with Crippen LogP contribution in [0, 0.1) is 22.5 Å². The van der Waals surface area contributed by atoms with Gasteiger partial charge in [-0.2, -0.15) is 0 Å². The van der Waals surface area contributed by atoms with Crippen LogP contribution in [0.15, 0.2) is 18.2 Å². The molecule has 0 saturated heterocycles. The number of nitrogens with one attached hydrogen (secondary N) is 1. The number of benzene rings is 1. The molecule has 5 heteroatoms. The number of nitro benzene ring substituents is 1. The Morgan fingerprint density at radius 2 is 1.90 bits per heavy atom. The number of hydrogen-bond donors (Lipinski definition) is 2. The van der Waals surface area contributed by atoms with Crippen LogP contribution in [-0.2, 0) is 0 Å². The fourth-order valence-corrected chi connectivity index (χ4v) is 2.84. The Labute approximate surface area is 125 Å². The Bertz CT molecular complexity index is 530. The summed E-state index contributed by atoms with van der Waals surface area (Å²) in [6.45, 7) is 6.62. The van der Waals surface area contributed by atoms with E-state index >= 15 is 0 Å². The summed E-state index contributed by atoms with van der Waals surface area (Å²) < 4.78 is 0. The highest BCUT2D eigenvalue weighted by atomic mass is 16.6. The van der Waals surface area contributed by atoms with Crippen molar-refractivity contribution in [3.8, 4) is 0 Å². The predicted octanol–water partition coefficient (Wildman–Crippen LogP) is 3.65. The van der Waals surface area contributed by atoms with Gasteiger partial charge in [-0.05, 0) is 44.1 Å². The van der Waals surface area contributed by atoms with E-state index in [4.69, 9.17) is 0 Å². The van der Waals surface area contributed by atoms with E-state index < -0.39 is 5.60 Å². The highest BCUT2D eigenvalue weighted by Gasteiger charge is 2.36. The maximum absolute atomic E-state index is 10.9. The van der Waals surface area contributed by atoms with Crippen LogP contribution in [0.4, 0.5) is 11.4 Å². The number of rotatable bonds is 4. The van der Waals surface area contributed by atoms with Gasteiger partial charge >= 0.3 is 0 Å². The summed E-state index contributed by atoms with van der Waals surface area (Å²) in [5.41, 5.74) is 1.03. The number of hydrogen-bond acceptors (Lipinski definition) is 4. The molecule has 0 amide bonds. The Balaban J connectivity index is 2.04. The van der Waals surface area contributed by atoms with Gasteiger partial charge < -0.3 is 10.4 Å². The zero-order valence-corrected chi connectivity index (χ0v) is 13.0. The summed E-state index contributed by atoms with van der Waals surface area (Å²) in [5.74, 6) is 0. The quantitative estimate of drug-likeness (QED) is 0.656. The maximum Gasteiger partial charge on any atom is 0.274 e. The van der Waals surface area contributed by atoms with Gasteiger partial charge in [0.05, 0.1) is 10.5 Å². The number of aliphatic hydroxyl groups is 1. The monoisotopic (exact) mass is 292 g/mol. The van der Waals surface area contributed by atoms with E-state index in [0.717, 1.165) is 31.4 Å². The number of anilines is 1. The Hall–Kier alpha value is -1.62. The molecular formula is C16H24N2O3. The second kappa shape index (κ2) is 5.64. The minimum atomic E-state index is -0.716. The smallest absolute Gasteiger partial charge is 0.274 e. The van der Waals surface area contributed by atoms with Crippen molar-refractivity contribution in [1.29, 1.82) is 0 Å². The molecule has 1 saturated carbocycles. The fourth-order valence-electron chi connectivity index (χ4n) is 2.84. The second-order valence-corrected chi connectivity index (χ2v) is 6.95. The minimum absolute atomic E-state index is 0.108. The van der Waals surface area contributed by atoms with E-state index in [2.05, 4.69) is 19.2 Å². The lowest BCUT2D eigenvalue weighted by atomic mass is 9.71. The summed E-state index contributed by atoms with van der Waals surface area (Å²) in [7, 11) is 0. The Morgan fingerprint density at radius 1 is 1.29 bits per heavy atom. The molecule has 0 heterocycles. The highest BCUT2D eigenvalue weighted by Crippen LogP contribution is 2.40. The SMILES string of the molecule is Cc1c(NCC2(O)CCC(C)(C)CC2)cccc1[N+](=O)[O-]. The first-order valence-electron chi connectivity index (χ1n) is 7.43. The zero-order valence-electron chi connectivity index (χ0n) is 13.0. The van der Waals surface area contributed by atoms with Crippen LogP contribution >= 0.6 is 0 Å². The standard InChI is InChI=1S/C16H24N2O3/c1-12-13(5-4-6-14(12)18(20)21)17-11-16(19)9-7-15(2,3)8-10-16/h4-6,17,19H,7-11H2,1-3H3. The molecule has 0 atom stereocenters. The van der Waals surface area contributed by atoms with Crippen LogP contribution in [-0.4, -0.2) is 22.2 Å². The van der Waals surface area contributed by atoms with Crippen molar-refractivity contribution in [3.63, 3.8) is 0 Å². The third-order valence-electron chi connectivity index (χ3n) is 4.64. The zero-order chi connectivity index (χ0) is 15.7. The summed E-state index contributed by atoms with van der Waals surface area (Å²) in [5, 5.41) is 24.8. The molecule has 116 valence electrons.